The molecule has 164 valence electrons. The predicted molar refractivity (Wildman–Crippen MR) is 121 cm³/mol. The summed E-state index contributed by atoms with van der Waals surface area (Å²) in [6.45, 7) is 5.45. The van der Waals surface area contributed by atoms with Gasteiger partial charge in [0.25, 0.3) is 5.91 Å². The molecule has 0 saturated carbocycles. The van der Waals surface area contributed by atoms with Gasteiger partial charge in [-0.05, 0) is 56.9 Å². The third kappa shape index (κ3) is 5.46. The van der Waals surface area contributed by atoms with Crippen molar-refractivity contribution in [3.05, 3.63) is 65.7 Å². The number of rotatable bonds is 5. The zero-order valence-electron chi connectivity index (χ0n) is 18.3. The monoisotopic (exact) mass is 420 g/mol. The molecule has 2 aliphatic rings. The molecule has 0 radical (unpaired) electrons. The van der Waals surface area contributed by atoms with Gasteiger partial charge in [0.2, 0.25) is 5.91 Å². The van der Waals surface area contributed by atoms with Crippen molar-refractivity contribution in [3.8, 4) is 5.75 Å². The molecule has 2 unspecified atom stereocenters. The Morgan fingerprint density at radius 2 is 1.61 bits per heavy atom. The number of carbonyl (C=O) groups is 2. The number of ether oxygens (including phenoxy) is 1. The Morgan fingerprint density at radius 1 is 0.903 bits per heavy atom. The van der Waals surface area contributed by atoms with Crippen LogP contribution in [0.1, 0.15) is 41.6 Å². The van der Waals surface area contributed by atoms with Gasteiger partial charge in [-0.25, -0.2) is 0 Å². The molecule has 5 heteroatoms. The number of nitrogens with zero attached hydrogens (tertiary/aromatic N) is 2. The second kappa shape index (κ2) is 9.99. The van der Waals surface area contributed by atoms with E-state index in [1.165, 1.54) is 0 Å². The molecule has 31 heavy (non-hydrogen) atoms. The molecule has 0 aliphatic carbocycles. The van der Waals surface area contributed by atoms with Crippen LogP contribution in [0.3, 0.4) is 0 Å². The molecule has 0 bridgehead atoms. The van der Waals surface area contributed by atoms with Crippen molar-refractivity contribution in [2.75, 3.05) is 32.8 Å². The zero-order chi connectivity index (χ0) is 21.6. The molecule has 4 rings (SSSR count). The topological polar surface area (TPSA) is 49.9 Å². The molecule has 2 heterocycles. The van der Waals surface area contributed by atoms with E-state index < -0.39 is 0 Å². The summed E-state index contributed by atoms with van der Waals surface area (Å²) in [7, 11) is 0. The van der Waals surface area contributed by atoms with Crippen LogP contribution in [0.5, 0.6) is 5.75 Å². The second-order valence-corrected chi connectivity index (χ2v) is 8.87. The summed E-state index contributed by atoms with van der Waals surface area (Å²) in [6, 6.07) is 17.5. The maximum absolute atomic E-state index is 13.3. The number of hydrogen-bond donors (Lipinski definition) is 0. The Labute approximate surface area is 185 Å². The minimum Gasteiger partial charge on any atom is -0.493 e. The van der Waals surface area contributed by atoms with E-state index in [1.807, 2.05) is 71.3 Å². The van der Waals surface area contributed by atoms with Crippen LogP contribution in [-0.4, -0.2) is 54.4 Å². The number of piperidine rings is 2. The van der Waals surface area contributed by atoms with Crippen molar-refractivity contribution in [1.29, 1.82) is 0 Å². The van der Waals surface area contributed by atoms with Gasteiger partial charge in [0.05, 0.1) is 12.5 Å². The summed E-state index contributed by atoms with van der Waals surface area (Å²) in [4.78, 5) is 30.0. The van der Waals surface area contributed by atoms with Gasteiger partial charge in [-0.2, -0.15) is 0 Å². The van der Waals surface area contributed by atoms with Crippen molar-refractivity contribution in [2.45, 2.75) is 32.6 Å². The third-order valence-corrected chi connectivity index (χ3v) is 6.42. The van der Waals surface area contributed by atoms with Crippen molar-refractivity contribution >= 4 is 11.8 Å². The highest BCUT2D eigenvalue weighted by atomic mass is 16.5. The smallest absolute Gasteiger partial charge is 0.253 e. The Balaban J connectivity index is 1.32. The minimum atomic E-state index is -0.100. The van der Waals surface area contributed by atoms with E-state index in [1.54, 1.807) is 0 Å². The summed E-state index contributed by atoms with van der Waals surface area (Å²) >= 11 is 0. The van der Waals surface area contributed by atoms with Gasteiger partial charge in [-0.1, -0.05) is 35.9 Å². The highest BCUT2D eigenvalue weighted by molar-refractivity contribution is 5.94. The van der Waals surface area contributed by atoms with Gasteiger partial charge < -0.3 is 14.5 Å². The van der Waals surface area contributed by atoms with Crippen LogP contribution in [0.25, 0.3) is 0 Å². The molecule has 2 amide bonds. The molecule has 2 fully saturated rings. The van der Waals surface area contributed by atoms with E-state index in [0.29, 0.717) is 24.6 Å². The van der Waals surface area contributed by atoms with Gasteiger partial charge in [-0.15, -0.1) is 0 Å². The van der Waals surface area contributed by atoms with Gasteiger partial charge in [0.1, 0.15) is 5.75 Å². The molecule has 2 aliphatic heterocycles. The van der Waals surface area contributed by atoms with E-state index in [2.05, 4.69) is 0 Å². The molecule has 2 aromatic rings. The molecule has 0 spiro atoms. The van der Waals surface area contributed by atoms with Crippen molar-refractivity contribution in [1.82, 2.24) is 9.80 Å². The summed E-state index contributed by atoms with van der Waals surface area (Å²) in [5, 5.41) is 0. The van der Waals surface area contributed by atoms with E-state index in [0.717, 1.165) is 56.6 Å². The first-order valence-corrected chi connectivity index (χ1v) is 11.4. The number of likely N-dealkylation sites (tertiary alicyclic amines) is 2. The fourth-order valence-electron chi connectivity index (χ4n) is 4.63. The third-order valence-electron chi connectivity index (χ3n) is 6.42. The van der Waals surface area contributed by atoms with Crippen molar-refractivity contribution in [3.63, 3.8) is 0 Å². The molecule has 0 aromatic heterocycles. The number of hydrogen-bond acceptors (Lipinski definition) is 3. The Kier molecular flexibility index (Phi) is 6.90. The van der Waals surface area contributed by atoms with Gasteiger partial charge in [0, 0.05) is 37.7 Å². The van der Waals surface area contributed by atoms with Crippen LogP contribution in [0, 0.1) is 18.8 Å². The molecule has 2 atom stereocenters. The molecule has 2 saturated heterocycles. The average molecular weight is 421 g/mol. The van der Waals surface area contributed by atoms with E-state index >= 15 is 0 Å². The summed E-state index contributed by atoms with van der Waals surface area (Å²) in [6.07, 6.45) is 3.83. The van der Waals surface area contributed by atoms with Crippen LogP contribution in [-0.2, 0) is 4.79 Å². The molecular weight excluding hydrogens is 388 g/mol. The van der Waals surface area contributed by atoms with Crippen molar-refractivity contribution in [2.24, 2.45) is 11.8 Å². The Bertz CT molecular complexity index is 881. The first-order chi connectivity index (χ1) is 15.1. The maximum atomic E-state index is 13.3. The largest absolute Gasteiger partial charge is 0.493 e. The zero-order valence-corrected chi connectivity index (χ0v) is 18.3. The van der Waals surface area contributed by atoms with Crippen molar-refractivity contribution < 1.29 is 14.3 Å². The molecule has 5 nitrogen and oxygen atoms in total. The van der Waals surface area contributed by atoms with E-state index in [-0.39, 0.29) is 17.7 Å². The lowest BCUT2D eigenvalue weighted by molar-refractivity contribution is -0.139. The number of para-hydroxylation sites is 1. The first kappa shape index (κ1) is 21.4. The summed E-state index contributed by atoms with van der Waals surface area (Å²) in [5.41, 5.74) is 1.84. The van der Waals surface area contributed by atoms with Crippen LogP contribution in [0.2, 0.25) is 0 Å². The van der Waals surface area contributed by atoms with E-state index in [9.17, 15) is 9.59 Å². The standard InChI is InChI=1S/C26H32N2O3/c1-20-11-13-22(14-12-20)25(29)28-16-6-8-23(18-28)26(30)27-15-5-7-21(17-27)19-31-24-9-3-2-4-10-24/h2-4,9-14,21,23H,5-8,15-19H2,1H3. The van der Waals surface area contributed by atoms with Gasteiger partial charge in [-0.3, -0.25) is 9.59 Å². The predicted octanol–water partition coefficient (Wildman–Crippen LogP) is 4.16. The quantitative estimate of drug-likeness (QED) is 0.730. The van der Waals surface area contributed by atoms with Gasteiger partial charge in [0.15, 0.2) is 0 Å². The Morgan fingerprint density at radius 3 is 2.39 bits per heavy atom. The van der Waals surface area contributed by atoms with E-state index in [4.69, 9.17) is 4.74 Å². The lowest BCUT2D eigenvalue weighted by Gasteiger charge is -2.38. The van der Waals surface area contributed by atoms with Crippen LogP contribution >= 0.6 is 0 Å². The molecular formula is C26H32N2O3. The highest BCUT2D eigenvalue weighted by Gasteiger charge is 2.33. The number of aryl methyl sites for hydroxylation is 1. The molecule has 0 N–H and O–H groups in total. The van der Waals surface area contributed by atoms with Crippen LogP contribution < -0.4 is 4.74 Å². The number of carbonyl (C=O) groups excluding carboxylic acids is 2. The SMILES string of the molecule is Cc1ccc(C(=O)N2CCCC(C(=O)N3CCCC(COc4ccccc4)C3)C2)cc1. The minimum absolute atomic E-state index is 0.0327. The lowest BCUT2D eigenvalue weighted by atomic mass is 9.93. The summed E-state index contributed by atoms with van der Waals surface area (Å²) in [5.74, 6) is 1.36. The van der Waals surface area contributed by atoms with Crippen LogP contribution in [0.4, 0.5) is 0 Å². The fourth-order valence-corrected chi connectivity index (χ4v) is 4.63. The molecule has 2 aromatic carbocycles. The summed E-state index contributed by atoms with van der Waals surface area (Å²) < 4.78 is 5.93. The normalized spacial score (nSPS) is 21.6. The fraction of sp³-hybridized carbons (Fsp3) is 0.462. The first-order valence-electron chi connectivity index (χ1n) is 11.4. The maximum Gasteiger partial charge on any atom is 0.253 e. The van der Waals surface area contributed by atoms with Crippen LogP contribution in [0.15, 0.2) is 54.6 Å². The number of amides is 2. The Hall–Kier alpha value is -2.82. The average Bonchev–Trinajstić information content (AvgIpc) is 2.83. The highest BCUT2D eigenvalue weighted by Crippen LogP contribution is 2.25. The lowest BCUT2D eigenvalue weighted by Crippen LogP contribution is -2.49. The number of benzene rings is 2. The second-order valence-electron chi connectivity index (χ2n) is 8.87. The van der Waals surface area contributed by atoms with Gasteiger partial charge >= 0.3 is 0 Å².